The topological polar surface area (TPSA) is 17.1 Å². The molecule has 0 heterocycles. The monoisotopic (exact) mass is 194 g/mol. The second kappa shape index (κ2) is 3.15. The van der Waals surface area contributed by atoms with Gasteiger partial charge in [-0.15, -0.1) is 0 Å². The van der Waals surface area contributed by atoms with E-state index in [1.54, 1.807) is 0 Å². The van der Waals surface area contributed by atoms with Gasteiger partial charge >= 0.3 is 0 Å². The van der Waals surface area contributed by atoms with Gasteiger partial charge in [0, 0.05) is 5.56 Å². The minimum atomic E-state index is 0.0346. The van der Waals surface area contributed by atoms with Crippen molar-refractivity contribution in [2.45, 2.75) is 25.7 Å². The number of benzene rings is 1. The van der Waals surface area contributed by atoms with E-state index < -0.39 is 0 Å². The van der Waals surface area contributed by atoms with Crippen molar-refractivity contribution in [3.63, 3.8) is 0 Å². The molecule has 1 nitrogen and oxygen atoms in total. The zero-order chi connectivity index (χ0) is 9.42. The van der Waals surface area contributed by atoms with Crippen LogP contribution in [-0.4, -0.2) is 5.78 Å². The first-order valence-electron chi connectivity index (χ1n) is 4.49. The summed E-state index contributed by atoms with van der Waals surface area (Å²) in [5.41, 5.74) is 1.90. The van der Waals surface area contributed by atoms with Gasteiger partial charge in [-0.25, -0.2) is 0 Å². The molecule has 0 amide bonds. The van der Waals surface area contributed by atoms with Crippen LogP contribution in [0, 0.1) is 0 Å². The highest BCUT2D eigenvalue weighted by Crippen LogP contribution is 2.41. The smallest absolute Gasteiger partial charge is 0.161 e. The number of rotatable bonds is 2. The lowest BCUT2D eigenvalue weighted by atomic mass is 10.1. The SMILES string of the molecule is CC(=O)c1ccc(C2CC2)cc1Cl. The largest absolute Gasteiger partial charge is 0.294 e. The summed E-state index contributed by atoms with van der Waals surface area (Å²) in [5.74, 6) is 0.728. The molecule has 0 radical (unpaired) electrons. The van der Waals surface area contributed by atoms with Crippen LogP contribution in [0.3, 0.4) is 0 Å². The predicted octanol–water partition coefficient (Wildman–Crippen LogP) is 3.42. The Morgan fingerprint density at radius 2 is 2.15 bits per heavy atom. The van der Waals surface area contributed by atoms with Gasteiger partial charge in [-0.3, -0.25) is 4.79 Å². The maximum atomic E-state index is 11.1. The molecule has 2 rings (SSSR count). The molecule has 2 heteroatoms. The lowest BCUT2D eigenvalue weighted by Crippen LogP contribution is -1.93. The summed E-state index contributed by atoms with van der Waals surface area (Å²) in [5, 5.41) is 0.594. The number of Topliss-reactive ketones (excluding diaryl/α,β-unsaturated/α-hetero) is 1. The van der Waals surface area contributed by atoms with Crippen LogP contribution in [0.25, 0.3) is 0 Å². The highest BCUT2D eigenvalue weighted by molar-refractivity contribution is 6.33. The molecule has 0 bridgehead atoms. The molecule has 1 aliphatic carbocycles. The van der Waals surface area contributed by atoms with Crippen LogP contribution in [0.5, 0.6) is 0 Å². The fourth-order valence-corrected chi connectivity index (χ4v) is 1.81. The molecule has 68 valence electrons. The van der Waals surface area contributed by atoms with E-state index in [0.717, 1.165) is 0 Å². The second-order valence-corrected chi connectivity index (χ2v) is 3.98. The minimum Gasteiger partial charge on any atom is -0.294 e. The predicted molar refractivity (Wildman–Crippen MR) is 53.4 cm³/mol. The van der Waals surface area contributed by atoms with Gasteiger partial charge in [0.25, 0.3) is 0 Å². The molecule has 1 aliphatic rings. The maximum Gasteiger partial charge on any atom is 0.161 e. The number of halogens is 1. The lowest BCUT2D eigenvalue weighted by Gasteiger charge is -2.02. The Labute approximate surface area is 82.7 Å². The molecule has 1 aromatic rings. The zero-order valence-corrected chi connectivity index (χ0v) is 8.27. The van der Waals surface area contributed by atoms with Gasteiger partial charge in [-0.2, -0.15) is 0 Å². The molecular formula is C11H11ClO. The summed E-state index contributed by atoms with van der Waals surface area (Å²) in [6, 6.07) is 5.77. The second-order valence-electron chi connectivity index (χ2n) is 3.57. The highest BCUT2D eigenvalue weighted by atomic mass is 35.5. The van der Waals surface area contributed by atoms with Gasteiger partial charge in [0.15, 0.2) is 5.78 Å². The van der Waals surface area contributed by atoms with Gasteiger partial charge in [0.2, 0.25) is 0 Å². The van der Waals surface area contributed by atoms with E-state index in [1.807, 2.05) is 18.2 Å². The van der Waals surface area contributed by atoms with Crippen LogP contribution in [0.15, 0.2) is 18.2 Å². The van der Waals surface area contributed by atoms with Crippen molar-refractivity contribution in [1.82, 2.24) is 0 Å². The van der Waals surface area contributed by atoms with E-state index in [-0.39, 0.29) is 5.78 Å². The van der Waals surface area contributed by atoms with Gasteiger partial charge in [-0.05, 0) is 43.4 Å². The molecule has 0 N–H and O–H groups in total. The minimum absolute atomic E-state index is 0.0346. The Kier molecular flexibility index (Phi) is 2.12. The van der Waals surface area contributed by atoms with Crippen LogP contribution in [-0.2, 0) is 0 Å². The molecule has 0 atom stereocenters. The maximum absolute atomic E-state index is 11.1. The fourth-order valence-electron chi connectivity index (χ4n) is 1.49. The standard InChI is InChI=1S/C11H11ClO/c1-7(13)10-5-4-9(6-11(10)12)8-2-3-8/h4-6,8H,2-3H2,1H3. The van der Waals surface area contributed by atoms with Crippen LogP contribution < -0.4 is 0 Å². The number of hydrogen-bond acceptors (Lipinski definition) is 1. The summed E-state index contributed by atoms with van der Waals surface area (Å²) in [4.78, 5) is 11.1. The number of ketones is 1. The van der Waals surface area contributed by atoms with E-state index in [2.05, 4.69) is 0 Å². The summed E-state index contributed by atoms with van der Waals surface area (Å²) < 4.78 is 0. The Balaban J connectivity index is 2.36. The van der Waals surface area contributed by atoms with Gasteiger partial charge in [0.05, 0.1) is 5.02 Å². The Morgan fingerprint density at radius 1 is 1.46 bits per heavy atom. The number of hydrogen-bond donors (Lipinski definition) is 0. The molecule has 0 aliphatic heterocycles. The van der Waals surface area contributed by atoms with E-state index in [4.69, 9.17) is 11.6 Å². The molecular weight excluding hydrogens is 184 g/mol. The molecule has 1 fully saturated rings. The Morgan fingerprint density at radius 3 is 2.62 bits per heavy atom. The third-order valence-corrected chi connectivity index (χ3v) is 2.73. The van der Waals surface area contributed by atoms with Crippen LogP contribution in [0.4, 0.5) is 0 Å². The van der Waals surface area contributed by atoms with Crippen molar-refractivity contribution in [3.8, 4) is 0 Å². The van der Waals surface area contributed by atoms with Crippen molar-refractivity contribution in [3.05, 3.63) is 34.3 Å². The number of carbonyl (C=O) groups is 1. The van der Waals surface area contributed by atoms with E-state index in [0.29, 0.717) is 16.5 Å². The summed E-state index contributed by atoms with van der Waals surface area (Å²) in [6.07, 6.45) is 2.52. The molecule has 1 aromatic carbocycles. The van der Waals surface area contributed by atoms with Crippen molar-refractivity contribution in [1.29, 1.82) is 0 Å². The zero-order valence-electron chi connectivity index (χ0n) is 7.51. The van der Waals surface area contributed by atoms with E-state index >= 15 is 0 Å². The van der Waals surface area contributed by atoms with Crippen molar-refractivity contribution in [2.24, 2.45) is 0 Å². The highest BCUT2D eigenvalue weighted by Gasteiger charge is 2.24. The van der Waals surface area contributed by atoms with Gasteiger partial charge in [0.1, 0.15) is 0 Å². The number of carbonyl (C=O) groups excluding carboxylic acids is 1. The molecule has 0 unspecified atom stereocenters. The van der Waals surface area contributed by atoms with Crippen LogP contribution >= 0.6 is 11.6 Å². The van der Waals surface area contributed by atoms with Gasteiger partial charge < -0.3 is 0 Å². The van der Waals surface area contributed by atoms with Crippen LogP contribution in [0.2, 0.25) is 5.02 Å². The molecule has 13 heavy (non-hydrogen) atoms. The van der Waals surface area contributed by atoms with Crippen molar-refractivity contribution < 1.29 is 4.79 Å². The van der Waals surface area contributed by atoms with E-state index in [9.17, 15) is 4.79 Å². The Hall–Kier alpha value is -0.820. The lowest BCUT2D eigenvalue weighted by molar-refractivity contribution is 0.101. The normalized spacial score (nSPS) is 15.8. The molecule has 0 spiro atoms. The quantitative estimate of drug-likeness (QED) is 0.660. The van der Waals surface area contributed by atoms with E-state index in [1.165, 1.54) is 25.3 Å². The first-order chi connectivity index (χ1) is 6.18. The average molecular weight is 195 g/mol. The van der Waals surface area contributed by atoms with Crippen molar-refractivity contribution >= 4 is 17.4 Å². The van der Waals surface area contributed by atoms with Crippen molar-refractivity contribution in [2.75, 3.05) is 0 Å². The average Bonchev–Trinajstić information content (AvgIpc) is 2.85. The molecule has 1 saturated carbocycles. The van der Waals surface area contributed by atoms with Gasteiger partial charge in [-0.1, -0.05) is 17.7 Å². The van der Waals surface area contributed by atoms with Crippen LogP contribution in [0.1, 0.15) is 41.6 Å². The molecule has 0 aromatic heterocycles. The first kappa shape index (κ1) is 8.76. The summed E-state index contributed by atoms with van der Waals surface area (Å²) in [7, 11) is 0. The third kappa shape index (κ3) is 1.75. The fraction of sp³-hybridized carbons (Fsp3) is 0.364. The third-order valence-electron chi connectivity index (χ3n) is 2.42. The Bertz CT molecular complexity index is 353. The summed E-state index contributed by atoms with van der Waals surface area (Å²) in [6.45, 7) is 1.54. The summed E-state index contributed by atoms with van der Waals surface area (Å²) >= 11 is 5.98. The first-order valence-corrected chi connectivity index (χ1v) is 4.86. The molecule has 0 saturated heterocycles.